The van der Waals surface area contributed by atoms with Crippen molar-refractivity contribution in [3.8, 4) is 11.1 Å². The molecule has 1 heterocycles. The molecule has 0 fully saturated rings. The van der Waals surface area contributed by atoms with Crippen LogP contribution < -0.4 is 5.32 Å². The van der Waals surface area contributed by atoms with Crippen molar-refractivity contribution >= 4 is 28.2 Å². The first-order valence-corrected chi connectivity index (χ1v) is 11.9. The minimum Gasteiger partial charge on any atom is -0.465 e. The van der Waals surface area contributed by atoms with E-state index in [9.17, 15) is 9.59 Å². The van der Waals surface area contributed by atoms with Crippen molar-refractivity contribution < 1.29 is 14.3 Å². The number of anilines is 1. The highest BCUT2D eigenvalue weighted by atomic mass is 32.1. The summed E-state index contributed by atoms with van der Waals surface area (Å²) >= 11 is 1.37. The molecular weight excluding hydrogens is 418 g/mol. The highest BCUT2D eigenvalue weighted by molar-refractivity contribution is 7.15. The minimum absolute atomic E-state index is 0.120. The summed E-state index contributed by atoms with van der Waals surface area (Å²) in [6, 6.07) is 16.4. The summed E-state index contributed by atoms with van der Waals surface area (Å²) in [6.07, 6.45) is 5.21. The van der Waals surface area contributed by atoms with Gasteiger partial charge < -0.3 is 10.1 Å². The number of fused-ring (bicyclic) bond motifs is 1. The quantitative estimate of drug-likeness (QED) is 0.452. The summed E-state index contributed by atoms with van der Waals surface area (Å²) < 4.78 is 5.09. The number of benzene rings is 2. The molecule has 0 saturated carbocycles. The summed E-state index contributed by atoms with van der Waals surface area (Å²) in [7, 11) is 1.38. The SMILES string of the molecule is COC(=O)c1c(-c2ccc3c(c2)CCCC3)csc1NC(=O)C(C)(C)Cc1ccccc1. The number of carbonyl (C=O) groups is 2. The first-order valence-electron chi connectivity index (χ1n) is 11.1. The molecule has 4 rings (SSSR count). The first-order chi connectivity index (χ1) is 15.4. The van der Waals surface area contributed by atoms with Gasteiger partial charge in [-0.05, 0) is 54.4 Å². The predicted octanol–water partition coefficient (Wildman–Crippen LogP) is 6.29. The fraction of sp³-hybridized carbons (Fsp3) is 0.333. The zero-order valence-corrected chi connectivity index (χ0v) is 19.7. The molecule has 1 aromatic heterocycles. The number of hydrogen-bond acceptors (Lipinski definition) is 4. The van der Waals surface area contributed by atoms with Gasteiger partial charge >= 0.3 is 5.97 Å². The second-order valence-electron chi connectivity index (χ2n) is 9.04. The van der Waals surface area contributed by atoms with Gasteiger partial charge in [0.1, 0.15) is 10.6 Å². The van der Waals surface area contributed by atoms with Gasteiger partial charge in [-0.25, -0.2) is 4.79 Å². The van der Waals surface area contributed by atoms with E-state index < -0.39 is 11.4 Å². The Hall–Kier alpha value is -2.92. The number of carbonyl (C=O) groups excluding carboxylic acids is 2. The number of hydrogen-bond donors (Lipinski definition) is 1. The van der Waals surface area contributed by atoms with Gasteiger partial charge in [-0.15, -0.1) is 11.3 Å². The summed E-state index contributed by atoms with van der Waals surface area (Å²) in [5, 5.41) is 5.50. The first kappa shape index (κ1) is 22.3. The van der Waals surface area contributed by atoms with Gasteiger partial charge in [0.25, 0.3) is 0 Å². The van der Waals surface area contributed by atoms with E-state index in [4.69, 9.17) is 4.74 Å². The third kappa shape index (κ3) is 4.63. The molecule has 0 spiro atoms. The van der Waals surface area contributed by atoms with Gasteiger partial charge in [0, 0.05) is 16.4 Å². The summed E-state index contributed by atoms with van der Waals surface area (Å²) in [5.41, 5.74) is 5.44. The largest absolute Gasteiger partial charge is 0.465 e. The number of nitrogens with one attached hydrogen (secondary N) is 1. The van der Waals surface area contributed by atoms with Crippen molar-refractivity contribution in [1.82, 2.24) is 0 Å². The van der Waals surface area contributed by atoms with Gasteiger partial charge in [0.15, 0.2) is 0 Å². The maximum atomic E-state index is 13.2. The second-order valence-corrected chi connectivity index (χ2v) is 9.92. The molecule has 0 aliphatic heterocycles. The Labute approximate surface area is 193 Å². The third-order valence-electron chi connectivity index (χ3n) is 6.17. The molecule has 5 heteroatoms. The molecule has 1 aliphatic rings. The number of methoxy groups -OCH3 is 1. The van der Waals surface area contributed by atoms with Gasteiger partial charge in [0.05, 0.1) is 7.11 Å². The molecule has 1 aliphatic carbocycles. The van der Waals surface area contributed by atoms with Crippen LogP contribution in [0.4, 0.5) is 5.00 Å². The van der Waals surface area contributed by atoms with Crippen LogP contribution >= 0.6 is 11.3 Å². The van der Waals surface area contributed by atoms with Crippen LogP contribution in [0.5, 0.6) is 0 Å². The maximum absolute atomic E-state index is 13.2. The number of rotatable bonds is 6. The summed E-state index contributed by atoms with van der Waals surface area (Å²) in [6.45, 7) is 3.84. The third-order valence-corrected chi connectivity index (χ3v) is 7.07. The van der Waals surface area contributed by atoms with Gasteiger partial charge in [-0.3, -0.25) is 4.79 Å². The van der Waals surface area contributed by atoms with E-state index in [0.717, 1.165) is 29.5 Å². The Bertz CT molecular complexity index is 1130. The van der Waals surface area contributed by atoms with E-state index in [1.807, 2.05) is 49.6 Å². The fourth-order valence-corrected chi connectivity index (χ4v) is 5.28. The smallest absolute Gasteiger partial charge is 0.341 e. The van der Waals surface area contributed by atoms with Gasteiger partial charge in [0.2, 0.25) is 5.91 Å². The molecule has 2 aromatic carbocycles. The maximum Gasteiger partial charge on any atom is 0.341 e. The van der Waals surface area contributed by atoms with Crippen molar-refractivity contribution in [2.75, 3.05) is 12.4 Å². The lowest BCUT2D eigenvalue weighted by molar-refractivity contribution is -0.123. The Morgan fingerprint density at radius 3 is 2.47 bits per heavy atom. The molecule has 3 aromatic rings. The molecule has 1 N–H and O–H groups in total. The standard InChI is InChI=1S/C27H29NO3S/c1-27(2,16-18-9-5-4-6-10-18)26(30)28-24-23(25(29)31-3)22(17-32-24)21-14-13-19-11-7-8-12-20(19)15-21/h4-6,9-10,13-15,17H,7-8,11-12,16H2,1-3H3,(H,28,30). The average molecular weight is 448 g/mol. The highest BCUT2D eigenvalue weighted by Gasteiger charge is 2.31. The number of ether oxygens (including phenoxy) is 1. The molecule has 1 amide bonds. The van der Waals surface area contributed by atoms with E-state index in [-0.39, 0.29) is 5.91 Å². The Morgan fingerprint density at radius 1 is 1.03 bits per heavy atom. The topological polar surface area (TPSA) is 55.4 Å². The average Bonchev–Trinajstić information content (AvgIpc) is 3.22. The van der Waals surface area contributed by atoms with E-state index in [2.05, 4.69) is 23.5 Å². The minimum atomic E-state index is -0.634. The highest BCUT2D eigenvalue weighted by Crippen LogP contribution is 2.38. The van der Waals surface area contributed by atoms with Gasteiger partial charge in [-0.2, -0.15) is 0 Å². The van der Waals surface area contributed by atoms with Gasteiger partial charge in [-0.1, -0.05) is 62.4 Å². The molecular formula is C27H29NO3S. The van der Waals surface area contributed by atoms with Crippen LogP contribution in [0.2, 0.25) is 0 Å². The normalized spacial score (nSPS) is 13.3. The molecule has 166 valence electrons. The number of aryl methyl sites for hydroxylation is 2. The van der Waals surface area contributed by atoms with E-state index >= 15 is 0 Å². The van der Waals surface area contributed by atoms with Crippen molar-refractivity contribution in [2.45, 2.75) is 46.0 Å². The molecule has 4 nitrogen and oxygen atoms in total. The monoisotopic (exact) mass is 447 g/mol. The summed E-state index contributed by atoms with van der Waals surface area (Å²) in [4.78, 5) is 25.9. The second kappa shape index (κ2) is 9.29. The van der Waals surface area contributed by atoms with E-state index in [0.29, 0.717) is 17.0 Å². The summed E-state index contributed by atoms with van der Waals surface area (Å²) in [5.74, 6) is -0.555. The van der Waals surface area contributed by atoms with Crippen LogP contribution in [0.1, 0.15) is 53.7 Å². The molecule has 0 radical (unpaired) electrons. The lowest BCUT2D eigenvalue weighted by Gasteiger charge is -2.23. The van der Waals surface area contributed by atoms with Crippen LogP contribution in [-0.4, -0.2) is 19.0 Å². The van der Waals surface area contributed by atoms with E-state index in [1.54, 1.807) is 0 Å². The lowest BCUT2D eigenvalue weighted by atomic mass is 9.85. The zero-order valence-electron chi connectivity index (χ0n) is 18.9. The van der Waals surface area contributed by atoms with Crippen LogP contribution in [0.15, 0.2) is 53.9 Å². The van der Waals surface area contributed by atoms with Crippen LogP contribution in [0.3, 0.4) is 0 Å². The van der Waals surface area contributed by atoms with Crippen LogP contribution in [0, 0.1) is 5.41 Å². The number of amides is 1. The molecule has 0 atom stereocenters. The Kier molecular flexibility index (Phi) is 6.47. The Balaban J connectivity index is 1.63. The lowest BCUT2D eigenvalue weighted by Crippen LogP contribution is -2.33. The van der Waals surface area contributed by atoms with Crippen molar-refractivity contribution in [3.05, 3.63) is 76.2 Å². The molecule has 0 saturated heterocycles. The predicted molar refractivity (Wildman–Crippen MR) is 130 cm³/mol. The zero-order chi connectivity index (χ0) is 22.7. The number of esters is 1. The Morgan fingerprint density at radius 2 is 1.75 bits per heavy atom. The fourth-order valence-electron chi connectivity index (χ4n) is 4.33. The van der Waals surface area contributed by atoms with Crippen LogP contribution in [-0.2, 0) is 28.8 Å². The van der Waals surface area contributed by atoms with Crippen molar-refractivity contribution in [2.24, 2.45) is 5.41 Å². The van der Waals surface area contributed by atoms with Crippen molar-refractivity contribution in [3.63, 3.8) is 0 Å². The number of thiophene rings is 1. The van der Waals surface area contributed by atoms with E-state index in [1.165, 1.54) is 42.4 Å². The molecule has 0 bridgehead atoms. The molecule has 32 heavy (non-hydrogen) atoms. The van der Waals surface area contributed by atoms with Crippen molar-refractivity contribution in [1.29, 1.82) is 0 Å². The van der Waals surface area contributed by atoms with Crippen LogP contribution in [0.25, 0.3) is 11.1 Å². The molecule has 0 unspecified atom stereocenters.